The minimum absolute atomic E-state index is 0.187. The van der Waals surface area contributed by atoms with Crippen LogP contribution in [0.5, 0.6) is 0 Å². The average Bonchev–Trinajstić information content (AvgIpc) is 3.14. The van der Waals surface area contributed by atoms with Gasteiger partial charge in [-0.2, -0.15) is 0 Å². The molecule has 3 rings (SSSR count). The zero-order chi connectivity index (χ0) is 17.5. The molecule has 0 saturated carbocycles. The normalized spacial score (nSPS) is 18.6. The fourth-order valence-corrected chi connectivity index (χ4v) is 3.13. The summed E-state index contributed by atoms with van der Waals surface area (Å²) in [6.07, 6.45) is 6.41. The predicted octanol–water partition coefficient (Wildman–Crippen LogP) is 2.44. The first-order chi connectivity index (χ1) is 12.3. The summed E-state index contributed by atoms with van der Waals surface area (Å²) in [7, 11) is 0. The molecule has 0 amide bonds. The Morgan fingerprint density at radius 1 is 1.28 bits per heavy atom. The van der Waals surface area contributed by atoms with E-state index in [9.17, 15) is 4.39 Å². The van der Waals surface area contributed by atoms with Gasteiger partial charge in [-0.25, -0.2) is 9.38 Å². The van der Waals surface area contributed by atoms with Crippen LogP contribution >= 0.6 is 0 Å². The fourth-order valence-electron chi connectivity index (χ4n) is 3.13. The van der Waals surface area contributed by atoms with Crippen molar-refractivity contribution >= 4 is 11.6 Å². The highest BCUT2D eigenvalue weighted by Gasteiger charge is 2.15. The third-order valence-corrected chi connectivity index (χ3v) is 4.48. The second-order valence-corrected chi connectivity index (χ2v) is 6.36. The van der Waals surface area contributed by atoms with E-state index < -0.39 is 0 Å². The van der Waals surface area contributed by atoms with E-state index in [0.29, 0.717) is 31.5 Å². The fraction of sp³-hybridized carbons (Fsp3) is 0.526. The molecule has 2 aliphatic rings. The molecule has 0 radical (unpaired) electrons. The maximum absolute atomic E-state index is 14.5. The lowest BCUT2D eigenvalue weighted by atomic mass is 10.1. The van der Waals surface area contributed by atoms with Gasteiger partial charge in [-0.3, -0.25) is 0 Å². The van der Waals surface area contributed by atoms with E-state index in [1.807, 2.05) is 24.0 Å². The smallest absolute Gasteiger partial charge is 0.191 e. The van der Waals surface area contributed by atoms with Crippen molar-refractivity contribution in [3.05, 3.63) is 41.7 Å². The summed E-state index contributed by atoms with van der Waals surface area (Å²) in [6.45, 7) is 6.07. The average molecular weight is 346 g/mol. The molecular weight excluding hydrogens is 319 g/mol. The number of nitrogens with one attached hydrogen (secondary N) is 2. The van der Waals surface area contributed by atoms with Crippen molar-refractivity contribution in [2.24, 2.45) is 4.99 Å². The van der Waals surface area contributed by atoms with Crippen LogP contribution in [-0.4, -0.2) is 44.8 Å². The molecule has 6 heteroatoms. The third kappa shape index (κ3) is 4.95. The van der Waals surface area contributed by atoms with Gasteiger partial charge in [0.05, 0.1) is 25.4 Å². The second-order valence-electron chi connectivity index (χ2n) is 6.36. The first-order valence-electron chi connectivity index (χ1n) is 9.07. The van der Waals surface area contributed by atoms with Gasteiger partial charge in [-0.15, -0.1) is 0 Å². The van der Waals surface area contributed by atoms with Crippen LogP contribution in [0.2, 0.25) is 0 Å². The standard InChI is InChI=1S/C19H27FN4O/c1-2-21-19(23-16-5-3-4-6-16)22-14-15-7-8-18(17(20)13-15)24-9-11-25-12-10-24/h3-4,7-8,13,16H,2,5-6,9-12,14H2,1H3,(H2,21,22,23). The van der Waals surface area contributed by atoms with Gasteiger partial charge in [0.15, 0.2) is 5.96 Å². The molecular formula is C19H27FN4O. The molecule has 25 heavy (non-hydrogen) atoms. The van der Waals surface area contributed by atoms with E-state index in [2.05, 4.69) is 27.8 Å². The van der Waals surface area contributed by atoms with Crippen LogP contribution in [0, 0.1) is 5.82 Å². The number of aliphatic imine (C=N–C) groups is 1. The largest absolute Gasteiger partial charge is 0.378 e. The van der Waals surface area contributed by atoms with Gasteiger partial charge in [-0.05, 0) is 37.5 Å². The molecule has 1 aliphatic heterocycles. The van der Waals surface area contributed by atoms with E-state index in [0.717, 1.165) is 44.0 Å². The van der Waals surface area contributed by atoms with Crippen LogP contribution in [0.25, 0.3) is 0 Å². The summed E-state index contributed by atoms with van der Waals surface area (Å²) in [5, 5.41) is 6.68. The van der Waals surface area contributed by atoms with Crippen molar-refractivity contribution in [3.63, 3.8) is 0 Å². The van der Waals surface area contributed by atoms with Gasteiger partial charge in [0.25, 0.3) is 0 Å². The van der Waals surface area contributed by atoms with E-state index in [1.54, 1.807) is 6.07 Å². The lowest BCUT2D eigenvalue weighted by Gasteiger charge is -2.29. The van der Waals surface area contributed by atoms with E-state index in [-0.39, 0.29) is 5.82 Å². The molecule has 1 heterocycles. The van der Waals surface area contributed by atoms with Gasteiger partial charge in [0.1, 0.15) is 5.82 Å². The quantitative estimate of drug-likeness (QED) is 0.488. The van der Waals surface area contributed by atoms with Crippen LogP contribution in [0.4, 0.5) is 10.1 Å². The van der Waals surface area contributed by atoms with Gasteiger partial charge in [0.2, 0.25) is 0 Å². The van der Waals surface area contributed by atoms with Crippen molar-refractivity contribution in [2.45, 2.75) is 32.4 Å². The zero-order valence-electron chi connectivity index (χ0n) is 14.8. The Kier molecular flexibility index (Phi) is 6.28. The Labute approximate surface area is 149 Å². The molecule has 0 aromatic heterocycles. The molecule has 1 aromatic rings. The maximum Gasteiger partial charge on any atom is 0.191 e. The van der Waals surface area contributed by atoms with Crippen molar-refractivity contribution < 1.29 is 9.13 Å². The lowest BCUT2D eigenvalue weighted by molar-refractivity contribution is 0.122. The molecule has 0 spiro atoms. The summed E-state index contributed by atoms with van der Waals surface area (Å²) in [4.78, 5) is 6.63. The highest BCUT2D eigenvalue weighted by molar-refractivity contribution is 5.80. The zero-order valence-corrected chi connectivity index (χ0v) is 14.8. The van der Waals surface area contributed by atoms with Crippen molar-refractivity contribution in [1.82, 2.24) is 10.6 Å². The highest BCUT2D eigenvalue weighted by Crippen LogP contribution is 2.22. The minimum Gasteiger partial charge on any atom is -0.378 e. The Balaban J connectivity index is 1.63. The molecule has 0 unspecified atom stereocenters. The molecule has 1 saturated heterocycles. The number of nitrogens with zero attached hydrogens (tertiary/aromatic N) is 2. The summed E-state index contributed by atoms with van der Waals surface area (Å²) >= 11 is 0. The van der Waals surface area contributed by atoms with Gasteiger partial charge in [0, 0.05) is 25.7 Å². The number of anilines is 1. The maximum atomic E-state index is 14.5. The highest BCUT2D eigenvalue weighted by atomic mass is 19.1. The molecule has 5 nitrogen and oxygen atoms in total. The molecule has 0 atom stereocenters. The molecule has 1 aliphatic carbocycles. The molecule has 1 aromatic carbocycles. The second kappa shape index (κ2) is 8.85. The third-order valence-electron chi connectivity index (χ3n) is 4.48. The molecule has 1 fully saturated rings. The van der Waals surface area contributed by atoms with E-state index in [1.165, 1.54) is 0 Å². The predicted molar refractivity (Wildman–Crippen MR) is 99.5 cm³/mol. The van der Waals surface area contributed by atoms with Crippen LogP contribution in [0.1, 0.15) is 25.3 Å². The Hall–Kier alpha value is -2.08. The Morgan fingerprint density at radius 3 is 2.72 bits per heavy atom. The number of rotatable bonds is 5. The SMILES string of the molecule is CCNC(=NCc1ccc(N2CCOCC2)c(F)c1)NC1CC=CC1. The number of guanidine groups is 1. The number of hydrogen-bond donors (Lipinski definition) is 2. The number of benzene rings is 1. The van der Waals surface area contributed by atoms with Crippen LogP contribution in [-0.2, 0) is 11.3 Å². The van der Waals surface area contributed by atoms with Gasteiger partial charge >= 0.3 is 0 Å². The number of morpholine rings is 1. The first kappa shape index (κ1) is 17.7. The summed E-state index contributed by atoms with van der Waals surface area (Å²) in [6, 6.07) is 5.80. The van der Waals surface area contributed by atoms with Crippen molar-refractivity contribution in [3.8, 4) is 0 Å². The Morgan fingerprint density at radius 2 is 2.04 bits per heavy atom. The number of ether oxygens (including phenoxy) is 1. The Bertz CT molecular complexity index is 618. The van der Waals surface area contributed by atoms with Crippen LogP contribution in [0.3, 0.4) is 0 Å². The monoisotopic (exact) mass is 346 g/mol. The first-order valence-corrected chi connectivity index (χ1v) is 9.07. The summed E-state index contributed by atoms with van der Waals surface area (Å²) < 4.78 is 19.8. The molecule has 0 bridgehead atoms. The molecule has 2 N–H and O–H groups in total. The van der Waals surface area contributed by atoms with Gasteiger partial charge in [-0.1, -0.05) is 18.2 Å². The summed E-state index contributed by atoms with van der Waals surface area (Å²) in [5.41, 5.74) is 1.52. The number of hydrogen-bond acceptors (Lipinski definition) is 3. The van der Waals surface area contributed by atoms with Crippen LogP contribution in [0.15, 0.2) is 35.3 Å². The topological polar surface area (TPSA) is 48.9 Å². The van der Waals surface area contributed by atoms with Crippen LogP contribution < -0.4 is 15.5 Å². The number of halogens is 1. The van der Waals surface area contributed by atoms with E-state index >= 15 is 0 Å². The minimum atomic E-state index is -0.187. The van der Waals surface area contributed by atoms with Crippen molar-refractivity contribution in [1.29, 1.82) is 0 Å². The lowest BCUT2D eigenvalue weighted by Crippen LogP contribution is -2.42. The van der Waals surface area contributed by atoms with Gasteiger partial charge < -0.3 is 20.3 Å². The van der Waals surface area contributed by atoms with E-state index in [4.69, 9.17) is 4.74 Å². The molecule has 136 valence electrons. The summed E-state index contributed by atoms with van der Waals surface area (Å²) in [5.74, 6) is 0.599. The van der Waals surface area contributed by atoms with Crippen molar-refractivity contribution in [2.75, 3.05) is 37.7 Å².